The summed E-state index contributed by atoms with van der Waals surface area (Å²) in [6.07, 6.45) is 3.65. The van der Waals surface area contributed by atoms with E-state index in [1.165, 1.54) is 0 Å². The molecule has 154 valence electrons. The standard InChI is InChI=1S/C23H24N4O3/c1-4-23(19-9-6-5-7-10-19)21(28)27(22(29)25-23)24-14-18-13-16(2)26(17(18)3)15-20-11-8-12-30-20/h5-14H,4,15H2,1-3H3,(H,25,29)/b24-14-/t23-/m1/s1. The van der Waals surface area contributed by atoms with E-state index in [1.54, 1.807) is 12.5 Å². The Hall–Kier alpha value is -3.61. The van der Waals surface area contributed by atoms with Crippen LogP contribution in [-0.4, -0.2) is 27.7 Å². The fourth-order valence-electron chi connectivity index (χ4n) is 3.91. The van der Waals surface area contributed by atoms with E-state index in [2.05, 4.69) is 15.0 Å². The molecule has 1 aromatic carbocycles. The van der Waals surface area contributed by atoms with Crippen LogP contribution in [0.3, 0.4) is 0 Å². The topological polar surface area (TPSA) is 79.8 Å². The second kappa shape index (κ2) is 7.67. The largest absolute Gasteiger partial charge is 0.467 e. The van der Waals surface area contributed by atoms with Crippen molar-refractivity contribution < 1.29 is 14.0 Å². The molecule has 3 amide bonds. The summed E-state index contributed by atoms with van der Waals surface area (Å²) in [4.78, 5) is 25.8. The maximum absolute atomic E-state index is 13.2. The van der Waals surface area contributed by atoms with Gasteiger partial charge in [-0.2, -0.15) is 5.10 Å². The Morgan fingerprint density at radius 3 is 2.57 bits per heavy atom. The molecule has 30 heavy (non-hydrogen) atoms. The monoisotopic (exact) mass is 404 g/mol. The van der Waals surface area contributed by atoms with Crippen molar-refractivity contribution in [2.45, 2.75) is 39.3 Å². The van der Waals surface area contributed by atoms with Crippen LogP contribution in [0.5, 0.6) is 0 Å². The summed E-state index contributed by atoms with van der Waals surface area (Å²) in [7, 11) is 0. The predicted molar refractivity (Wildman–Crippen MR) is 113 cm³/mol. The van der Waals surface area contributed by atoms with Crippen molar-refractivity contribution in [3.8, 4) is 0 Å². The van der Waals surface area contributed by atoms with Gasteiger partial charge in [-0.15, -0.1) is 5.01 Å². The van der Waals surface area contributed by atoms with Crippen LogP contribution >= 0.6 is 0 Å². The molecular formula is C23H24N4O3. The Morgan fingerprint density at radius 1 is 1.13 bits per heavy atom. The number of hydrazone groups is 1. The van der Waals surface area contributed by atoms with Crippen molar-refractivity contribution in [2.75, 3.05) is 0 Å². The number of amides is 3. The molecule has 2 aromatic heterocycles. The molecule has 7 heteroatoms. The van der Waals surface area contributed by atoms with E-state index in [9.17, 15) is 9.59 Å². The fourth-order valence-corrected chi connectivity index (χ4v) is 3.91. The van der Waals surface area contributed by atoms with E-state index >= 15 is 0 Å². The first kappa shape index (κ1) is 19.7. The molecule has 0 radical (unpaired) electrons. The molecule has 1 N–H and O–H groups in total. The van der Waals surface area contributed by atoms with Gasteiger partial charge < -0.3 is 14.3 Å². The van der Waals surface area contributed by atoms with Crippen LogP contribution in [0.25, 0.3) is 0 Å². The van der Waals surface area contributed by atoms with Crippen molar-refractivity contribution in [1.29, 1.82) is 0 Å². The molecule has 0 bridgehead atoms. The molecule has 1 fully saturated rings. The van der Waals surface area contributed by atoms with Gasteiger partial charge in [0.2, 0.25) is 0 Å². The summed E-state index contributed by atoms with van der Waals surface area (Å²) in [6.45, 7) is 6.46. The minimum absolute atomic E-state index is 0.373. The molecule has 1 aliphatic heterocycles. The second-order valence-corrected chi connectivity index (χ2v) is 7.41. The molecule has 1 atom stereocenters. The van der Waals surface area contributed by atoms with Gasteiger partial charge in [0.15, 0.2) is 0 Å². The molecule has 1 aliphatic rings. The number of benzene rings is 1. The molecule has 0 saturated carbocycles. The molecule has 3 aromatic rings. The normalized spacial score (nSPS) is 19.1. The van der Waals surface area contributed by atoms with Crippen LogP contribution in [0.4, 0.5) is 4.79 Å². The Labute approximate surface area is 175 Å². The maximum Gasteiger partial charge on any atom is 0.346 e. The lowest BCUT2D eigenvalue weighted by molar-refractivity contribution is -0.131. The highest BCUT2D eigenvalue weighted by Gasteiger charge is 2.51. The zero-order valence-corrected chi connectivity index (χ0v) is 17.3. The summed E-state index contributed by atoms with van der Waals surface area (Å²) in [5, 5.41) is 8.01. The maximum atomic E-state index is 13.2. The highest BCUT2D eigenvalue weighted by atomic mass is 16.3. The van der Waals surface area contributed by atoms with Crippen LogP contribution in [-0.2, 0) is 16.9 Å². The second-order valence-electron chi connectivity index (χ2n) is 7.41. The number of hydrogen-bond acceptors (Lipinski definition) is 4. The van der Waals surface area contributed by atoms with Gasteiger partial charge in [0.25, 0.3) is 5.91 Å². The number of rotatable bonds is 6. The molecule has 1 saturated heterocycles. The quantitative estimate of drug-likeness (QED) is 0.499. The number of carbonyl (C=O) groups is 2. The number of imide groups is 1. The van der Waals surface area contributed by atoms with Gasteiger partial charge >= 0.3 is 6.03 Å². The number of nitrogens with one attached hydrogen (secondary N) is 1. The van der Waals surface area contributed by atoms with E-state index in [4.69, 9.17) is 4.42 Å². The lowest BCUT2D eigenvalue weighted by Crippen LogP contribution is -2.43. The molecule has 3 heterocycles. The van der Waals surface area contributed by atoms with Crippen molar-refractivity contribution in [3.63, 3.8) is 0 Å². The van der Waals surface area contributed by atoms with E-state index < -0.39 is 11.6 Å². The summed E-state index contributed by atoms with van der Waals surface area (Å²) in [5.41, 5.74) is 2.51. The van der Waals surface area contributed by atoms with Crippen LogP contribution in [0, 0.1) is 13.8 Å². The SMILES string of the molecule is CC[C@]1(c2ccccc2)NC(=O)N(/N=C\c2cc(C)n(Cc3ccco3)c2C)C1=O. The van der Waals surface area contributed by atoms with E-state index in [-0.39, 0.29) is 5.91 Å². The predicted octanol–water partition coefficient (Wildman–Crippen LogP) is 3.94. The van der Waals surface area contributed by atoms with E-state index in [0.29, 0.717) is 13.0 Å². The molecular weight excluding hydrogens is 380 g/mol. The Bertz CT molecular complexity index is 1100. The van der Waals surface area contributed by atoms with E-state index in [0.717, 1.165) is 33.3 Å². The van der Waals surface area contributed by atoms with Crippen molar-refractivity contribution in [1.82, 2.24) is 14.9 Å². The van der Waals surface area contributed by atoms with Gasteiger partial charge in [0.1, 0.15) is 11.3 Å². The highest BCUT2D eigenvalue weighted by Crippen LogP contribution is 2.32. The van der Waals surface area contributed by atoms with Gasteiger partial charge in [-0.1, -0.05) is 37.3 Å². The molecule has 0 spiro atoms. The summed E-state index contributed by atoms with van der Waals surface area (Å²) >= 11 is 0. The number of nitrogens with zero attached hydrogens (tertiary/aromatic N) is 3. The molecule has 0 unspecified atom stereocenters. The van der Waals surface area contributed by atoms with Crippen molar-refractivity contribution in [2.24, 2.45) is 5.10 Å². The molecule has 0 aliphatic carbocycles. The Morgan fingerprint density at radius 2 is 1.90 bits per heavy atom. The number of aromatic nitrogens is 1. The van der Waals surface area contributed by atoms with Crippen LogP contribution in [0.15, 0.2) is 64.3 Å². The first-order valence-electron chi connectivity index (χ1n) is 9.91. The zero-order chi connectivity index (χ0) is 21.3. The summed E-state index contributed by atoms with van der Waals surface area (Å²) in [6, 6.07) is 14.5. The lowest BCUT2D eigenvalue weighted by atomic mass is 9.87. The average molecular weight is 404 g/mol. The number of hydrogen-bond donors (Lipinski definition) is 1. The number of carbonyl (C=O) groups excluding carboxylic acids is 2. The van der Waals surface area contributed by atoms with Crippen LogP contribution in [0.1, 0.15) is 41.6 Å². The van der Waals surface area contributed by atoms with Gasteiger partial charge in [0.05, 0.1) is 19.0 Å². The third kappa shape index (κ3) is 3.22. The Kier molecular flexibility index (Phi) is 5.03. The van der Waals surface area contributed by atoms with Gasteiger partial charge in [-0.3, -0.25) is 4.79 Å². The minimum atomic E-state index is -1.09. The minimum Gasteiger partial charge on any atom is -0.467 e. The number of furan rings is 1. The third-order valence-corrected chi connectivity index (χ3v) is 5.69. The zero-order valence-electron chi connectivity index (χ0n) is 17.3. The lowest BCUT2D eigenvalue weighted by Gasteiger charge is -2.24. The molecule has 7 nitrogen and oxygen atoms in total. The van der Waals surface area contributed by atoms with E-state index in [1.807, 2.05) is 69.3 Å². The van der Waals surface area contributed by atoms with Crippen molar-refractivity contribution in [3.05, 3.63) is 83.1 Å². The summed E-state index contributed by atoms with van der Waals surface area (Å²) in [5.74, 6) is 0.479. The van der Waals surface area contributed by atoms with Crippen molar-refractivity contribution >= 4 is 18.2 Å². The number of urea groups is 1. The molecule has 4 rings (SSSR count). The summed E-state index contributed by atoms with van der Waals surface area (Å²) < 4.78 is 7.55. The third-order valence-electron chi connectivity index (χ3n) is 5.69. The van der Waals surface area contributed by atoms with Crippen LogP contribution < -0.4 is 5.32 Å². The van der Waals surface area contributed by atoms with Crippen LogP contribution in [0.2, 0.25) is 0 Å². The first-order chi connectivity index (χ1) is 14.5. The number of aryl methyl sites for hydroxylation is 1. The van der Waals surface area contributed by atoms with Gasteiger partial charge in [-0.05, 0) is 44.0 Å². The first-order valence-corrected chi connectivity index (χ1v) is 9.91. The van der Waals surface area contributed by atoms with Gasteiger partial charge in [-0.25, -0.2) is 4.79 Å². The fraction of sp³-hybridized carbons (Fsp3) is 0.261. The van der Waals surface area contributed by atoms with Gasteiger partial charge in [0, 0.05) is 17.0 Å². The smallest absolute Gasteiger partial charge is 0.346 e. The average Bonchev–Trinajstić information content (AvgIpc) is 3.42. The highest BCUT2D eigenvalue weighted by molar-refractivity contribution is 6.07. The Balaban J connectivity index is 1.60.